The lowest BCUT2D eigenvalue weighted by Crippen LogP contribution is -2.37. The number of hydrogen-bond acceptors (Lipinski definition) is 5. The van der Waals surface area contributed by atoms with Crippen LogP contribution in [0.15, 0.2) is 47.3 Å². The van der Waals surface area contributed by atoms with Gasteiger partial charge in [0.05, 0.1) is 34.5 Å². The number of hydrogen-bond donors (Lipinski definition) is 2. The zero-order valence-corrected chi connectivity index (χ0v) is 22.3. The summed E-state index contributed by atoms with van der Waals surface area (Å²) in [7, 11) is 0. The summed E-state index contributed by atoms with van der Waals surface area (Å²) in [6.07, 6.45) is -8.89. The first-order chi connectivity index (χ1) is 17.8. The first-order valence-electron chi connectivity index (χ1n) is 10.9. The van der Waals surface area contributed by atoms with Crippen LogP contribution in [-0.2, 0) is 13.1 Å². The predicted molar refractivity (Wildman–Crippen MR) is 137 cm³/mol. The topological polar surface area (TPSA) is 98.1 Å². The summed E-state index contributed by atoms with van der Waals surface area (Å²) in [5.74, 6) is 0.125. The molecule has 0 amide bonds. The van der Waals surface area contributed by atoms with Gasteiger partial charge in [0.1, 0.15) is 11.3 Å². The molecule has 4 rings (SSSR count). The fraction of sp³-hybridized carbons (Fsp3) is 0.261. The Labute approximate surface area is 233 Å². The Bertz CT molecular complexity index is 1530. The van der Waals surface area contributed by atoms with Crippen molar-refractivity contribution < 1.29 is 23.4 Å². The summed E-state index contributed by atoms with van der Waals surface area (Å²) in [5.41, 5.74) is -0.284. The lowest BCUT2D eigenvalue weighted by Gasteiger charge is -2.16. The van der Waals surface area contributed by atoms with Crippen molar-refractivity contribution in [3.63, 3.8) is 0 Å². The Morgan fingerprint density at radius 1 is 0.974 bits per heavy atom. The highest BCUT2D eigenvalue weighted by atomic mass is 35.5. The Morgan fingerprint density at radius 2 is 1.63 bits per heavy atom. The van der Waals surface area contributed by atoms with E-state index in [9.17, 15) is 28.2 Å². The normalized spacial score (nSPS) is 13.6. The van der Waals surface area contributed by atoms with Crippen molar-refractivity contribution in [3.05, 3.63) is 84.8 Å². The van der Waals surface area contributed by atoms with Gasteiger partial charge in [0.15, 0.2) is 17.8 Å². The van der Waals surface area contributed by atoms with Crippen molar-refractivity contribution in [1.82, 2.24) is 23.9 Å². The monoisotopic (exact) mass is 609 g/mol. The maximum Gasteiger partial charge on any atom is 0.416 e. The van der Waals surface area contributed by atoms with E-state index in [1.54, 1.807) is 6.07 Å². The van der Waals surface area contributed by atoms with Crippen LogP contribution >= 0.6 is 46.4 Å². The van der Waals surface area contributed by atoms with E-state index in [0.29, 0.717) is 21.3 Å². The molecule has 2 aromatic carbocycles. The number of nitrogens with zero attached hydrogens (tertiary/aromatic N) is 5. The van der Waals surface area contributed by atoms with E-state index in [2.05, 4.69) is 10.1 Å². The van der Waals surface area contributed by atoms with Crippen molar-refractivity contribution in [2.75, 3.05) is 0 Å². The van der Waals surface area contributed by atoms with E-state index in [1.165, 1.54) is 48.0 Å². The quantitative estimate of drug-likeness (QED) is 0.286. The molecule has 0 aliphatic heterocycles. The maximum absolute atomic E-state index is 13.3. The van der Waals surface area contributed by atoms with Crippen LogP contribution in [0.25, 0.3) is 16.9 Å². The molecule has 15 heteroatoms. The van der Waals surface area contributed by atoms with E-state index >= 15 is 0 Å². The van der Waals surface area contributed by atoms with Gasteiger partial charge in [0, 0.05) is 10.6 Å². The molecule has 2 heterocycles. The summed E-state index contributed by atoms with van der Waals surface area (Å²) < 4.78 is 42.5. The fourth-order valence-electron chi connectivity index (χ4n) is 3.68. The van der Waals surface area contributed by atoms with Gasteiger partial charge in [-0.25, -0.2) is 14.5 Å². The molecular formula is C23H18Cl4F3N5O3. The fourth-order valence-corrected chi connectivity index (χ4v) is 4.45. The molecule has 2 aromatic heterocycles. The van der Waals surface area contributed by atoms with E-state index < -0.39 is 30.6 Å². The van der Waals surface area contributed by atoms with Gasteiger partial charge in [0.2, 0.25) is 0 Å². The van der Waals surface area contributed by atoms with Crippen LogP contribution in [0.1, 0.15) is 24.7 Å². The van der Waals surface area contributed by atoms with Gasteiger partial charge in [0.25, 0.3) is 0 Å². The lowest BCUT2D eigenvalue weighted by atomic mass is 10.1. The van der Waals surface area contributed by atoms with Gasteiger partial charge in [-0.15, -0.1) is 5.10 Å². The smallest absolute Gasteiger partial charge is 0.385 e. The molecule has 4 aromatic rings. The summed E-state index contributed by atoms with van der Waals surface area (Å²) >= 11 is 24.5. The molecule has 38 heavy (non-hydrogen) atoms. The minimum absolute atomic E-state index is 0.0205. The third-order valence-electron chi connectivity index (χ3n) is 5.51. The number of alkyl halides is 3. The van der Waals surface area contributed by atoms with Crippen LogP contribution in [0.2, 0.25) is 20.2 Å². The molecule has 0 aliphatic rings. The summed E-state index contributed by atoms with van der Waals surface area (Å²) in [4.78, 5) is 17.6. The molecule has 0 saturated heterocycles. The van der Waals surface area contributed by atoms with Crippen molar-refractivity contribution in [1.29, 1.82) is 0 Å². The largest absolute Gasteiger partial charge is 0.416 e. The minimum Gasteiger partial charge on any atom is -0.385 e. The second-order valence-electron chi connectivity index (χ2n) is 8.26. The number of aliphatic hydroxyl groups excluding tert-OH is 2. The van der Waals surface area contributed by atoms with Gasteiger partial charge >= 0.3 is 11.9 Å². The second-order valence-corrected chi connectivity index (χ2v) is 9.86. The Hall–Kier alpha value is -2.54. The van der Waals surface area contributed by atoms with Crippen molar-refractivity contribution >= 4 is 46.4 Å². The highest BCUT2D eigenvalue weighted by Gasteiger charge is 2.39. The Kier molecular flexibility index (Phi) is 8.17. The Balaban J connectivity index is 1.82. The third kappa shape index (κ3) is 5.73. The summed E-state index contributed by atoms with van der Waals surface area (Å²) in [6.45, 7) is -0.00685. The lowest BCUT2D eigenvalue weighted by molar-refractivity contribution is -0.207. The van der Waals surface area contributed by atoms with Crippen molar-refractivity contribution in [2.24, 2.45) is 0 Å². The van der Waals surface area contributed by atoms with Crippen molar-refractivity contribution in [2.45, 2.75) is 38.4 Å². The highest BCUT2D eigenvalue weighted by molar-refractivity contribution is 6.42. The molecule has 0 aliphatic carbocycles. The first kappa shape index (κ1) is 28.5. The van der Waals surface area contributed by atoms with Gasteiger partial charge in [-0.2, -0.15) is 13.2 Å². The predicted octanol–water partition coefficient (Wildman–Crippen LogP) is 5.54. The highest BCUT2D eigenvalue weighted by Crippen LogP contribution is 2.31. The number of aliphatic hydroxyl groups is 2. The minimum atomic E-state index is -4.97. The summed E-state index contributed by atoms with van der Waals surface area (Å²) in [6, 6.07) is 10.5. The van der Waals surface area contributed by atoms with E-state index in [4.69, 9.17) is 46.4 Å². The van der Waals surface area contributed by atoms with Crippen LogP contribution in [-0.4, -0.2) is 46.4 Å². The van der Waals surface area contributed by atoms with E-state index in [0.717, 1.165) is 9.13 Å². The standard InChI is InChI=1S/C23H18Cl4F3N5O3/c1-11(36)21-31-18(32-35(21)14-6-7-15(25)16(26)8-14)10-34-20(27)19(12-2-4-13(24)5-3-12)33(22(34)38)9-17(37)23(28,29)30/h2-8,11,17,36-37H,9-10H2,1H3. The van der Waals surface area contributed by atoms with Crippen LogP contribution in [0.4, 0.5) is 13.2 Å². The molecule has 2 N–H and O–H groups in total. The van der Waals surface area contributed by atoms with Crippen molar-refractivity contribution in [3.8, 4) is 16.9 Å². The van der Waals surface area contributed by atoms with Crippen LogP contribution < -0.4 is 5.69 Å². The maximum atomic E-state index is 13.3. The average molecular weight is 611 g/mol. The second kappa shape index (κ2) is 10.9. The van der Waals surface area contributed by atoms with Crippen LogP contribution in [0.5, 0.6) is 0 Å². The number of imidazole rings is 1. The van der Waals surface area contributed by atoms with Gasteiger partial charge in [-0.05, 0) is 37.3 Å². The van der Waals surface area contributed by atoms with Gasteiger partial charge < -0.3 is 10.2 Å². The zero-order chi connectivity index (χ0) is 27.9. The Morgan fingerprint density at radius 3 is 2.21 bits per heavy atom. The molecule has 0 radical (unpaired) electrons. The van der Waals surface area contributed by atoms with Gasteiger partial charge in [-0.3, -0.25) is 9.13 Å². The third-order valence-corrected chi connectivity index (χ3v) is 6.89. The summed E-state index contributed by atoms with van der Waals surface area (Å²) in [5, 5.41) is 25.0. The molecule has 2 atom stereocenters. The SMILES string of the molecule is CC(O)c1nc(Cn2c(Cl)c(-c3ccc(Cl)cc3)n(CC(O)C(F)(F)F)c2=O)nn1-c1ccc(Cl)c(Cl)c1. The van der Waals surface area contributed by atoms with E-state index in [1.807, 2.05) is 0 Å². The van der Waals surface area contributed by atoms with E-state index in [-0.39, 0.29) is 34.1 Å². The molecule has 0 spiro atoms. The number of rotatable bonds is 7. The first-order valence-corrected chi connectivity index (χ1v) is 12.4. The molecule has 0 fully saturated rings. The number of aromatic nitrogens is 5. The molecule has 202 valence electrons. The van der Waals surface area contributed by atoms with Gasteiger partial charge in [-0.1, -0.05) is 58.5 Å². The number of halogens is 7. The zero-order valence-electron chi connectivity index (χ0n) is 19.3. The van der Waals surface area contributed by atoms with Crippen LogP contribution in [0, 0.1) is 0 Å². The molecule has 0 saturated carbocycles. The molecular weight excluding hydrogens is 593 g/mol. The molecule has 8 nitrogen and oxygen atoms in total. The molecule has 0 bridgehead atoms. The molecule has 2 unspecified atom stereocenters. The number of benzene rings is 2. The van der Waals surface area contributed by atoms with Crippen LogP contribution in [0.3, 0.4) is 0 Å². The average Bonchev–Trinajstić information content (AvgIpc) is 3.36.